The van der Waals surface area contributed by atoms with E-state index in [1.54, 1.807) is 24.5 Å². The molecule has 0 unspecified atom stereocenters. The molecule has 0 radical (unpaired) electrons. The first-order chi connectivity index (χ1) is 13.6. The molecule has 0 fully saturated rings. The van der Waals surface area contributed by atoms with Crippen LogP contribution in [0.3, 0.4) is 0 Å². The van der Waals surface area contributed by atoms with Gasteiger partial charge in [0.1, 0.15) is 5.00 Å². The van der Waals surface area contributed by atoms with E-state index in [-0.39, 0.29) is 11.8 Å². The van der Waals surface area contributed by atoms with Gasteiger partial charge in [0.25, 0.3) is 11.8 Å². The summed E-state index contributed by atoms with van der Waals surface area (Å²) in [6.07, 6.45) is 5.26. The lowest BCUT2D eigenvalue weighted by atomic mass is 10.0. The average molecular weight is 394 g/mol. The number of fused-ring (bicyclic) bond motifs is 2. The number of aromatic nitrogens is 1. The summed E-state index contributed by atoms with van der Waals surface area (Å²) in [4.78, 5) is 31.2. The Morgan fingerprint density at radius 2 is 1.86 bits per heavy atom. The predicted octanol–water partition coefficient (Wildman–Crippen LogP) is 4.49. The third-order valence-corrected chi connectivity index (χ3v) is 6.40. The largest absolute Gasteiger partial charge is 0.355 e. The first-order valence-electron chi connectivity index (χ1n) is 9.62. The summed E-state index contributed by atoms with van der Waals surface area (Å²) >= 11 is 1.54. The molecule has 28 heavy (non-hydrogen) atoms. The number of carbonyl (C=O) groups is 2. The molecule has 4 rings (SSSR count). The minimum absolute atomic E-state index is 0.132. The van der Waals surface area contributed by atoms with Crippen LogP contribution in [0.5, 0.6) is 0 Å². The van der Waals surface area contributed by atoms with Crippen LogP contribution < -0.4 is 10.6 Å². The van der Waals surface area contributed by atoms with E-state index in [9.17, 15) is 9.59 Å². The summed E-state index contributed by atoms with van der Waals surface area (Å²) < 4.78 is 0. The Bertz CT molecular complexity index is 1070. The third kappa shape index (κ3) is 3.52. The van der Waals surface area contributed by atoms with Gasteiger partial charge in [-0.25, -0.2) is 0 Å². The molecule has 144 valence electrons. The highest BCUT2D eigenvalue weighted by atomic mass is 32.1. The Labute approximate surface area is 168 Å². The van der Waals surface area contributed by atoms with Crippen LogP contribution in [0.15, 0.2) is 30.3 Å². The minimum atomic E-state index is -0.205. The Morgan fingerprint density at radius 3 is 2.68 bits per heavy atom. The Kier molecular flexibility index (Phi) is 5.13. The number of hydrogen-bond donors (Lipinski definition) is 2. The van der Waals surface area contributed by atoms with E-state index in [2.05, 4.69) is 15.6 Å². The molecule has 0 saturated carbocycles. The number of nitrogens with one attached hydrogen (secondary N) is 2. The monoisotopic (exact) mass is 393 g/mol. The molecule has 2 aromatic heterocycles. The minimum Gasteiger partial charge on any atom is -0.355 e. The summed E-state index contributed by atoms with van der Waals surface area (Å²) in [6.45, 7) is 1.95. The quantitative estimate of drug-likeness (QED) is 0.644. The van der Waals surface area contributed by atoms with Crippen molar-refractivity contribution in [1.29, 1.82) is 0 Å². The number of nitrogens with zero attached hydrogens (tertiary/aromatic N) is 1. The topological polar surface area (TPSA) is 71.1 Å². The zero-order chi connectivity index (χ0) is 19.7. The predicted molar refractivity (Wildman–Crippen MR) is 113 cm³/mol. The molecule has 0 spiro atoms. The molecule has 3 aromatic rings. The number of pyridine rings is 1. The van der Waals surface area contributed by atoms with Crippen molar-refractivity contribution < 1.29 is 9.59 Å². The van der Waals surface area contributed by atoms with Crippen LogP contribution in [0.25, 0.3) is 10.9 Å². The van der Waals surface area contributed by atoms with Crippen LogP contribution in [-0.2, 0) is 12.8 Å². The molecule has 0 aliphatic heterocycles. The fourth-order valence-electron chi connectivity index (χ4n) is 3.74. The SMILES string of the molecule is CNC(=O)c1c(NC(=O)c2ccc3nc(C)ccc3c2)sc2c1CCCCC2. The number of amides is 2. The Morgan fingerprint density at radius 1 is 1.04 bits per heavy atom. The van der Waals surface area contributed by atoms with Crippen LogP contribution >= 0.6 is 11.3 Å². The second-order valence-corrected chi connectivity index (χ2v) is 8.27. The van der Waals surface area contributed by atoms with E-state index in [0.29, 0.717) is 16.1 Å². The van der Waals surface area contributed by atoms with Gasteiger partial charge in [-0.15, -0.1) is 11.3 Å². The van der Waals surface area contributed by atoms with Crippen molar-refractivity contribution in [3.05, 3.63) is 57.6 Å². The lowest BCUT2D eigenvalue weighted by molar-refractivity contribution is 0.0963. The summed E-state index contributed by atoms with van der Waals surface area (Å²) in [6, 6.07) is 9.39. The average Bonchev–Trinajstić information content (AvgIpc) is 2.87. The fourth-order valence-corrected chi connectivity index (χ4v) is 5.02. The lowest BCUT2D eigenvalue weighted by Gasteiger charge is -2.09. The second-order valence-electron chi connectivity index (χ2n) is 7.16. The molecule has 6 heteroatoms. The van der Waals surface area contributed by atoms with Crippen molar-refractivity contribution in [2.24, 2.45) is 0 Å². The number of hydrogen-bond acceptors (Lipinski definition) is 4. The summed E-state index contributed by atoms with van der Waals surface area (Å²) in [5.74, 6) is -0.336. The number of aryl methyl sites for hydroxylation is 2. The van der Waals surface area contributed by atoms with Crippen LogP contribution in [0.1, 0.15) is 56.1 Å². The highest BCUT2D eigenvalue weighted by Gasteiger charge is 2.25. The fraction of sp³-hybridized carbons (Fsp3) is 0.318. The Balaban J connectivity index is 1.67. The van der Waals surface area contributed by atoms with Crippen LogP contribution in [-0.4, -0.2) is 23.8 Å². The number of rotatable bonds is 3. The zero-order valence-corrected chi connectivity index (χ0v) is 16.9. The molecular formula is C22H23N3O2S. The summed E-state index contributed by atoms with van der Waals surface area (Å²) in [5, 5.41) is 7.30. The maximum absolute atomic E-state index is 12.9. The van der Waals surface area contributed by atoms with Crippen molar-refractivity contribution in [3.8, 4) is 0 Å². The van der Waals surface area contributed by atoms with Crippen molar-refractivity contribution in [1.82, 2.24) is 10.3 Å². The molecule has 2 N–H and O–H groups in total. The molecule has 0 bridgehead atoms. The lowest BCUT2D eigenvalue weighted by Crippen LogP contribution is -2.21. The third-order valence-electron chi connectivity index (χ3n) is 5.19. The smallest absolute Gasteiger partial charge is 0.256 e. The van der Waals surface area contributed by atoms with Gasteiger partial charge in [-0.1, -0.05) is 12.5 Å². The van der Waals surface area contributed by atoms with Crippen LogP contribution in [0, 0.1) is 6.92 Å². The van der Waals surface area contributed by atoms with Crippen molar-refractivity contribution in [3.63, 3.8) is 0 Å². The first-order valence-corrected chi connectivity index (χ1v) is 10.4. The van der Waals surface area contributed by atoms with Gasteiger partial charge in [-0.3, -0.25) is 14.6 Å². The van der Waals surface area contributed by atoms with Crippen LogP contribution in [0.4, 0.5) is 5.00 Å². The van der Waals surface area contributed by atoms with Gasteiger partial charge < -0.3 is 10.6 Å². The maximum Gasteiger partial charge on any atom is 0.256 e. The molecule has 1 aliphatic carbocycles. The second kappa shape index (κ2) is 7.72. The molecule has 2 amide bonds. The van der Waals surface area contributed by atoms with Gasteiger partial charge in [0.05, 0.1) is 11.1 Å². The molecular weight excluding hydrogens is 370 g/mol. The number of benzene rings is 1. The summed E-state index contributed by atoms with van der Waals surface area (Å²) in [7, 11) is 1.63. The van der Waals surface area contributed by atoms with Gasteiger partial charge in [0.2, 0.25) is 0 Å². The number of carbonyl (C=O) groups excluding carboxylic acids is 2. The molecule has 1 aliphatic rings. The van der Waals surface area contributed by atoms with Gasteiger partial charge in [-0.05, 0) is 62.4 Å². The highest BCUT2D eigenvalue weighted by Crippen LogP contribution is 2.37. The van der Waals surface area contributed by atoms with E-state index in [4.69, 9.17) is 0 Å². The zero-order valence-electron chi connectivity index (χ0n) is 16.1. The van der Waals surface area contributed by atoms with Gasteiger partial charge in [0, 0.05) is 28.6 Å². The van der Waals surface area contributed by atoms with Crippen molar-refractivity contribution in [2.45, 2.75) is 39.0 Å². The Hall–Kier alpha value is -2.73. The molecule has 1 aromatic carbocycles. The van der Waals surface area contributed by atoms with Gasteiger partial charge in [0.15, 0.2) is 0 Å². The van der Waals surface area contributed by atoms with E-state index < -0.39 is 0 Å². The van der Waals surface area contributed by atoms with Crippen LogP contribution in [0.2, 0.25) is 0 Å². The standard InChI is InChI=1S/C22H23N3O2S/c1-13-8-9-14-12-15(10-11-17(14)24-13)20(26)25-22-19(21(27)23-2)16-6-4-3-5-7-18(16)28-22/h8-12H,3-7H2,1-2H3,(H,23,27)(H,25,26). The van der Waals surface area contributed by atoms with Crippen molar-refractivity contribution in [2.75, 3.05) is 12.4 Å². The maximum atomic E-state index is 12.9. The van der Waals surface area contributed by atoms with E-state index in [1.807, 2.05) is 31.2 Å². The molecule has 2 heterocycles. The summed E-state index contributed by atoms with van der Waals surface area (Å²) in [5.41, 5.74) is 4.11. The molecule has 0 atom stereocenters. The normalized spacial score (nSPS) is 13.6. The first kappa shape index (κ1) is 18.6. The van der Waals surface area contributed by atoms with Crippen molar-refractivity contribution >= 4 is 39.1 Å². The van der Waals surface area contributed by atoms with Gasteiger partial charge in [-0.2, -0.15) is 0 Å². The number of anilines is 1. The number of thiophene rings is 1. The highest BCUT2D eigenvalue weighted by molar-refractivity contribution is 7.17. The van der Waals surface area contributed by atoms with E-state index >= 15 is 0 Å². The molecule has 5 nitrogen and oxygen atoms in total. The van der Waals surface area contributed by atoms with E-state index in [1.165, 1.54) is 11.3 Å². The van der Waals surface area contributed by atoms with Gasteiger partial charge >= 0.3 is 0 Å². The molecule has 0 saturated heterocycles. The van der Waals surface area contributed by atoms with E-state index in [0.717, 1.165) is 47.8 Å².